The summed E-state index contributed by atoms with van der Waals surface area (Å²) in [6.45, 7) is 5.19. The number of benzene rings is 1. The number of rotatable bonds is 9. The summed E-state index contributed by atoms with van der Waals surface area (Å²) in [5.74, 6) is -0.523. The van der Waals surface area contributed by atoms with Crippen molar-refractivity contribution in [2.45, 2.75) is 33.0 Å². The number of amidine groups is 1. The van der Waals surface area contributed by atoms with E-state index in [1.807, 2.05) is 73.4 Å². The summed E-state index contributed by atoms with van der Waals surface area (Å²) in [5, 5.41) is 37.2. The lowest BCUT2D eigenvalue weighted by molar-refractivity contribution is -0.0442. The van der Waals surface area contributed by atoms with Gasteiger partial charge in [-0.15, -0.1) is 0 Å². The summed E-state index contributed by atoms with van der Waals surface area (Å²) in [6.07, 6.45) is 4.72. The third kappa shape index (κ3) is 6.75. The molecule has 1 heterocycles. The number of nitriles is 2. The number of pyridine rings is 1. The molecule has 0 atom stereocenters. The van der Waals surface area contributed by atoms with Crippen LogP contribution >= 0.6 is 0 Å². The predicted octanol–water partition coefficient (Wildman–Crippen LogP) is 3.64. The van der Waals surface area contributed by atoms with Crippen LogP contribution in [-0.4, -0.2) is 45.3 Å². The van der Waals surface area contributed by atoms with Crippen molar-refractivity contribution in [1.82, 2.24) is 9.88 Å². The van der Waals surface area contributed by atoms with Crippen molar-refractivity contribution < 1.29 is 10.2 Å². The van der Waals surface area contributed by atoms with E-state index in [-0.39, 0.29) is 6.42 Å². The standard InChI is InChI=1S/C24H27N5O2/c1-3-29(4-2)24(20(15-25)16-26)28-21-10-5-8-18(14-21)22(11-6-12-23(30)31)19-9-7-13-27-17-19/h5,7-11,13-14,17,20,23,30-31H,3-4,6,12H2,1-2H3. The fourth-order valence-electron chi connectivity index (χ4n) is 3.19. The van der Waals surface area contributed by atoms with Crippen molar-refractivity contribution in [1.29, 1.82) is 10.5 Å². The molecule has 2 rings (SSSR count). The van der Waals surface area contributed by atoms with Gasteiger partial charge in [0.05, 0.1) is 17.8 Å². The minimum atomic E-state index is -1.37. The molecule has 0 saturated carbocycles. The highest BCUT2D eigenvalue weighted by molar-refractivity contribution is 5.91. The summed E-state index contributed by atoms with van der Waals surface area (Å²) in [7, 11) is 0. The highest BCUT2D eigenvalue weighted by atomic mass is 16.5. The Balaban J connectivity index is 2.52. The van der Waals surface area contributed by atoms with Crippen molar-refractivity contribution in [2.24, 2.45) is 10.9 Å². The third-order valence-electron chi connectivity index (χ3n) is 4.75. The van der Waals surface area contributed by atoms with Crippen molar-refractivity contribution in [2.75, 3.05) is 13.1 Å². The van der Waals surface area contributed by atoms with Crippen molar-refractivity contribution in [3.05, 3.63) is 66.0 Å². The smallest absolute Gasteiger partial charge is 0.190 e. The molecule has 0 aliphatic heterocycles. The number of aliphatic imine (C=N–C) groups is 1. The summed E-state index contributed by atoms with van der Waals surface area (Å²) in [5.41, 5.74) is 3.30. The van der Waals surface area contributed by atoms with Crippen LogP contribution in [0.15, 0.2) is 59.9 Å². The van der Waals surface area contributed by atoms with Crippen molar-refractivity contribution in [3.63, 3.8) is 0 Å². The molecule has 7 nitrogen and oxygen atoms in total. The second kappa shape index (κ2) is 12.2. The molecule has 0 radical (unpaired) electrons. The molecule has 1 aromatic heterocycles. The van der Waals surface area contributed by atoms with E-state index in [4.69, 9.17) is 0 Å². The van der Waals surface area contributed by atoms with E-state index in [1.54, 1.807) is 12.4 Å². The monoisotopic (exact) mass is 417 g/mol. The van der Waals surface area contributed by atoms with E-state index >= 15 is 0 Å². The summed E-state index contributed by atoms with van der Waals surface area (Å²) >= 11 is 0. The van der Waals surface area contributed by atoms with E-state index in [9.17, 15) is 20.7 Å². The number of aromatic nitrogens is 1. The zero-order chi connectivity index (χ0) is 22.6. The van der Waals surface area contributed by atoms with Gasteiger partial charge in [0, 0.05) is 37.5 Å². The normalized spacial score (nSPS) is 12.0. The summed E-state index contributed by atoms with van der Waals surface area (Å²) in [6, 6.07) is 15.4. The van der Waals surface area contributed by atoms with Gasteiger partial charge in [0.15, 0.2) is 12.2 Å². The topological polar surface area (TPSA) is 117 Å². The summed E-state index contributed by atoms with van der Waals surface area (Å²) < 4.78 is 0. The largest absolute Gasteiger partial charge is 0.368 e. The van der Waals surface area contributed by atoms with Crippen LogP contribution in [0.3, 0.4) is 0 Å². The van der Waals surface area contributed by atoms with Gasteiger partial charge in [0.2, 0.25) is 0 Å². The molecule has 0 aliphatic carbocycles. The van der Waals surface area contributed by atoms with Gasteiger partial charge >= 0.3 is 0 Å². The molecule has 1 aromatic carbocycles. The molecule has 0 bridgehead atoms. The van der Waals surface area contributed by atoms with Crippen LogP contribution in [0.1, 0.15) is 37.8 Å². The number of hydrogen-bond donors (Lipinski definition) is 2. The fourth-order valence-corrected chi connectivity index (χ4v) is 3.19. The van der Waals surface area contributed by atoms with Gasteiger partial charge in [0.1, 0.15) is 5.84 Å². The molecule has 0 fully saturated rings. The van der Waals surface area contributed by atoms with Crippen LogP contribution in [0.2, 0.25) is 0 Å². The van der Waals surface area contributed by atoms with Gasteiger partial charge in [-0.2, -0.15) is 10.5 Å². The van der Waals surface area contributed by atoms with E-state index in [2.05, 4.69) is 9.98 Å². The lowest BCUT2D eigenvalue weighted by atomic mass is 9.97. The Hall–Kier alpha value is -3.52. The first-order chi connectivity index (χ1) is 15.0. The Morgan fingerprint density at radius 2 is 1.84 bits per heavy atom. The van der Waals surface area contributed by atoms with Crippen molar-refractivity contribution >= 4 is 17.1 Å². The van der Waals surface area contributed by atoms with Crippen LogP contribution in [-0.2, 0) is 0 Å². The average Bonchev–Trinajstić information content (AvgIpc) is 2.79. The fraction of sp³-hybridized carbons (Fsp3) is 0.333. The van der Waals surface area contributed by atoms with Gasteiger partial charge in [-0.3, -0.25) is 4.98 Å². The molecule has 0 unspecified atom stereocenters. The SMILES string of the molecule is CCN(CC)C(=Nc1cccc(C(=CCCC(O)O)c2cccnc2)c1)C(C#N)C#N. The maximum Gasteiger partial charge on any atom is 0.190 e. The van der Waals surface area contributed by atoms with Gasteiger partial charge < -0.3 is 15.1 Å². The number of aliphatic hydroxyl groups excluding tert-OH is 1. The Kier molecular flexibility index (Phi) is 9.38. The van der Waals surface area contributed by atoms with E-state index in [1.165, 1.54) is 0 Å². The highest BCUT2D eigenvalue weighted by Gasteiger charge is 2.20. The second-order valence-electron chi connectivity index (χ2n) is 6.80. The predicted molar refractivity (Wildman–Crippen MR) is 120 cm³/mol. The Morgan fingerprint density at radius 1 is 1.13 bits per heavy atom. The van der Waals surface area contributed by atoms with E-state index in [0.717, 1.165) is 16.7 Å². The number of hydrogen-bond acceptors (Lipinski definition) is 6. The third-order valence-corrected chi connectivity index (χ3v) is 4.75. The first kappa shape index (κ1) is 23.8. The average molecular weight is 418 g/mol. The molecule has 2 aromatic rings. The molecule has 0 aliphatic rings. The highest BCUT2D eigenvalue weighted by Crippen LogP contribution is 2.27. The molecule has 160 valence electrons. The van der Waals surface area contributed by atoms with Crippen molar-refractivity contribution in [3.8, 4) is 12.1 Å². The lowest BCUT2D eigenvalue weighted by Gasteiger charge is -2.23. The second-order valence-corrected chi connectivity index (χ2v) is 6.80. The molecule has 0 amide bonds. The van der Waals surface area contributed by atoms with E-state index in [0.29, 0.717) is 31.0 Å². The van der Waals surface area contributed by atoms with E-state index < -0.39 is 12.2 Å². The minimum Gasteiger partial charge on any atom is -0.368 e. The molecule has 7 heteroatoms. The van der Waals surface area contributed by atoms with Gasteiger partial charge in [-0.25, -0.2) is 4.99 Å². The zero-order valence-corrected chi connectivity index (χ0v) is 17.8. The molecule has 0 spiro atoms. The number of aliphatic hydroxyl groups is 2. The van der Waals surface area contributed by atoms with Crippen LogP contribution in [0.5, 0.6) is 0 Å². The van der Waals surface area contributed by atoms with Crippen LogP contribution in [0.25, 0.3) is 5.57 Å². The van der Waals surface area contributed by atoms with Gasteiger partial charge in [-0.05, 0) is 49.6 Å². The maximum absolute atomic E-state index is 9.41. The molecule has 0 saturated heterocycles. The maximum atomic E-state index is 9.41. The van der Waals surface area contributed by atoms with Crippen LogP contribution in [0, 0.1) is 28.6 Å². The number of allylic oxidation sites excluding steroid dienone is 1. The van der Waals surface area contributed by atoms with Gasteiger partial charge in [0.25, 0.3) is 0 Å². The molecular formula is C24H27N5O2. The Bertz CT molecular complexity index is 969. The van der Waals surface area contributed by atoms with Crippen LogP contribution in [0.4, 0.5) is 5.69 Å². The molecular weight excluding hydrogens is 390 g/mol. The summed E-state index contributed by atoms with van der Waals surface area (Å²) in [4.78, 5) is 10.8. The number of nitrogens with zero attached hydrogens (tertiary/aromatic N) is 5. The van der Waals surface area contributed by atoms with Gasteiger partial charge in [-0.1, -0.05) is 24.3 Å². The lowest BCUT2D eigenvalue weighted by Crippen LogP contribution is -2.35. The Labute approximate surface area is 183 Å². The first-order valence-electron chi connectivity index (χ1n) is 10.2. The Morgan fingerprint density at radius 3 is 2.42 bits per heavy atom. The molecule has 31 heavy (non-hydrogen) atoms. The quantitative estimate of drug-likeness (QED) is 0.365. The zero-order valence-electron chi connectivity index (χ0n) is 17.8. The molecule has 2 N–H and O–H groups in total. The first-order valence-corrected chi connectivity index (χ1v) is 10.2. The van der Waals surface area contributed by atoms with Crippen LogP contribution < -0.4 is 0 Å². The minimum absolute atomic E-state index is 0.222.